The smallest absolute Gasteiger partial charge is 0.293 e. The van der Waals surface area contributed by atoms with Crippen LogP contribution >= 0.6 is 12.4 Å². The van der Waals surface area contributed by atoms with Crippen LogP contribution in [0.2, 0.25) is 0 Å². The van der Waals surface area contributed by atoms with E-state index in [-0.39, 0.29) is 18.3 Å². The number of rotatable bonds is 6. The summed E-state index contributed by atoms with van der Waals surface area (Å²) in [6.45, 7) is 8.86. The molecule has 2 aromatic rings. The molecule has 0 saturated carbocycles. The summed E-state index contributed by atoms with van der Waals surface area (Å²) < 4.78 is 1.81. The van der Waals surface area contributed by atoms with Gasteiger partial charge in [-0.15, -0.1) is 17.5 Å². The minimum absolute atomic E-state index is 0. The lowest BCUT2D eigenvalue weighted by molar-refractivity contribution is 0.0674. The van der Waals surface area contributed by atoms with Crippen molar-refractivity contribution in [3.63, 3.8) is 0 Å². The van der Waals surface area contributed by atoms with Crippen molar-refractivity contribution in [1.82, 2.24) is 25.0 Å². The summed E-state index contributed by atoms with van der Waals surface area (Å²) in [7, 11) is 1.99. The number of aryl methyl sites for hydroxylation is 1. The highest BCUT2D eigenvalue weighted by molar-refractivity contribution is 5.90. The number of benzene rings is 1. The lowest BCUT2D eigenvalue weighted by Gasteiger charge is -2.31. The Balaban J connectivity index is 0.00000280. The molecular weight excluding hydrogens is 374 g/mol. The van der Waals surface area contributed by atoms with Gasteiger partial charge in [0, 0.05) is 13.1 Å². The molecule has 1 aliphatic heterocycles. The minimum atomic E-state index is -0.0501. The van der Waals surface area contributed by atoms with E-state index in [1.54, 1.807) is 0 Å². The topological polar surface area (TPSA) is 63.1 Å². The number of nitrogens with one attached hydrogen (secondary N) is 1. The van der Waals surface area contributed by atoms with Gasteiger partial charge in [0.1, 0.15) is 5.82 Å². The lowest BCUT2D eigenvalue weighted by Crippen LogP contribution is -2.39. The first-order valence-corrected chi connectivity index (χ1v) is 9.98. The third-order valence-electron chi connectivity index (χ3n) is 5.45. The Morgan fingerprint density at radius 1 is 1.25 bits per heavy atom. The number of carbonyl (C=O) groups is 1. The van der Waals surface area contributed by atoms with Crippen molar-refractivity contribution in [2.24, 2.45) is 5.92 Å². The average molecular weight is 406 g/mol. The van der Waals surface area contributed by atoms with E-state index in [4.69, 9.17) is 0 Å². The predicted molar refractivity (Wildman–Crippen MR) is 115 cm³/mol. The van der Waals surface area contributed by atoms with Crippen LogP contribution < -0.4 is 5.32 Å². The highest BCUT2D eigenvalue weighted by Gasteiger charge is 2.26. The number of amides is 1. The molecule has 0 atom stereocenters. The van der Waals surface area contributed by atoms with Crippen LogP contribution in [0, 0.1) is 12.8 Å². The maximum absolute atomic E-state index is 12.9. The van der Waals surface area contributed by atoms with Gasteiger partial charge in [-0.1, -0.05) is 32.0 Å². The minimum Gasteiger partial charge on any atom is -0.336 e. The second kappa shape index (κ2) is 10.0. The fourth-order valence-electron chi connectivity index (χ4n) is 3.79. The van der Waals surface area contributed by atoms with Crippen LogP contribution in [-0.4, -0.2) is 52.3 Å². The number of piperidine rings is 1. The lowest BCUT2D eigenvalue weighted by atomic mass is 9.93. The average Bonchev–Trinajstić information content (AvgIpc) is 3.07. The van der Waals surface area contributed by atoms with Gasteiger partial charge in [-0.2, -0.15) is 0 Å². The quantitative estimate of drug-likeness (QED) is 0.797. The second-order valence-corrected chi connectivity index (χ2v) is 7.74. The first kappa shape index (κ1) is 22.4. The Hall–Kier alpha value is -1.92. The van der Waals surface area contributed by atoms with Gasteiger partial charge >= 0.3 is 0 Å². The van der Waals surface area contributed by atoms with Gasteiger partial charge in [0.25, 0.3) is 5.91 Å². The van der Waals surface area contributed by atoms with Crippen molar-refractivity contribution in [2.75, 3.05) is 26.7 Å². The predicted octanol–water partition coefficient (Wildman–Crippen LogP) is 3.58. The highest BCUT2D eigenvalue weighted by atomic mass is 35.5. The fraction of sp³-hybridized carbons (Fsp3) is 0.571. The number of nitrogens with zero attached hydrogens (tertiary/aromatic N) is 4. The van der Waals surface area contributed by atoms with E-state index >= 15 is 0 Å². The molecular formula is C21H32ClN5O. The van der Waals surface area contributed by atoms with Crippen LogP contribution in [0.4, 0.5) is 0 Å². The van der Waals surface area contributed by atoms with Gasteiger partial charge in [-0.05, 0) is 63.2 Å². The van der Waals surface area contributed by atoms with Gasteiger partial charge in [0.2, 0.25) is 5.82 Å². The van der Waals surface area contributed by atoms with E-state index < -0.39 is 0 Å². The maximum Gasteiger partial charge on any atom is 0.293 e. The van der Waals surface area contributed by atoms with Gasteiger partial charge < -0.3 is 10.2 Å². The van der Waals surface area contributed by atoms with Crippen LogP contribution in [0.25, 0.3) is 5.69 Å². The summed E-state index contributed by atoms with van der Waals surface area (Å²) in [6.07, 6.45) is 3.29. The first-order valence-electron chi connectivity index (χ1n) is 9.98. The number of para-hydroxylation sites is 1. The van der Waals surface area contributed by atoms with E-state index in [2.05, 4.69) is 35.3 Å². The van der Waals surface area contributed by atoms with E-state index in [1.807, 2.05) is 41.8 Å². The van der Waals surface area contributed by atoms with Crippen LogP contribution in [0.5, 0.6) is 0 Å². The Bertz CT molecular complexity index is 781. The van der Waals surface area contributed by atoms with Gasteiger partial charge in [-0.25, -0.2) is 9.67 Å². The van der Waals surface area contributed by atoms with E-state index in [9.17, 15) is 4.79 Å². The summed E-state index contributed by atoms with van der Waals surface area (Å²) in [4.78, 5) is 19.3. The number of hydrogen-bond acceptors (Lipinski definition) is 4. The molecule has 1 aromatic heterocycles. The molecule has 2 heterocycles. The summed E-state index contributed by atoms with van der Waals surface area (Å²) >= 11 is 0. The third kappa shape index (κ3) is 4.92. The number of aromatic nitrogens is 3. The Kier molecular flexibility index (Phi) is 8.01. The zero-order valence-corrected chi connectivity index (χ0v) is 18.1. The molecule has 0 bridgehead atoms. The molecule has 1 fully saturated rings. The molecule has 1 saturated heterocycles. The number of likely N-dealkylation sites (tertiary alicyclic amines) is 1. The van der Waals surface area contributed by atoms with Gasteiger partial charge in [0.15, 0.2) is 0 Å². The van der Waals surface area contributed by atoms with Gasteiger partial charge in [0.05, 0.1) is 5.69 Å². The molecule has 154 valence electrons. The summed E-state index contributed by atoms with van der Waals surface area (Å²) in [5.74, 6) is 2.08. The van der Waals surface area contributed by atoms with Crippen molar-refractivity contribution in [3.05, 3.63) is 41.5 Å². The molecule has 1 aliphatic rings. The fourth-order valence-corrected chi connectivity index (χ4v) is 3.79. The highest BCUT2D eigenvalue weighted by Crippen LogP contribution is 2.24. The summed E-state index contributed by atoms with van der Waals surface area (Å²) in [6, 6.07) is 8.19. The second-order valence-electron chi connectivity index (χ2n) is 7.74. The van der Waals surface area contributed by atoms with Crippen molar-refractivity contribution in [3.8, 4) is 5.69 Å². The molecule has 1 aromatic carbocycles. The molecule has 0 aliphatic carbocycles. The molecule has 1 N–H and O–H groups in total. The van der Waals surface area contributed by atoms with E-state index in [1.165, 1.54) is 12.0 Å². The SMILES string of the molecule is CNCCC1CCN(C(=O)c2nc(C)n(-c3ccccc3C(C)C)n2)CC1.Cl. The molecule has 7 heteroatoms. The zero-order chi connectivity index (χ0) is 19.4. The Morgan fingerprint density at radius 3 is 2.57 bits per heavy atom. The number of halogens is 1. The van der Waals surface area contributed by atoms with Crippen LogP contribution in [0.15, 0.2) is 24.3 Å². The van der Waals surface area contributed by atoms with Crippen LogP contribution in [0.1, 0.15) is 61.0 Å². The summed E-state index contributed by atoms with van der Waals surface area (Å²) in [5, 5.41) is 7.78. The standard InChI is InChI=1S/C21H31N5O.ClH/c1-15(2)18-7-5-6-8-19(18)26-16(3)23-20(24-26)21(27)25-13-10-17(11-14-25)9-12-22-4;/h5-8,15,17,22H,9-14H2,1-4H3;1H. The number of hydrogen-bond donors (Lipinski definition) is 1. The largest absolute Gasteiger partial charge is 0.336 e. The molecule has 0 spiro atoms. The number of carbonyl (C=O) groups excluding carboxylic acids is 1. The van der Waals surface area contributed by atoms with E-state index in [0.717, 1.165) is 44.0 Å². The zero-order valence-electron chi connectivity index (χ0n) is 17.3. The molecule has 28 heavy (non-hydrogen) atoms. The van der Waals surface area contributed by atoms with Crippen LogP contribution in [-0.2, 0) is 0 Å². The molecule has 0 radical (unpaired) electrons. The van der Waals surface area contributed by atoms with Crippen molar-refractivity contribution in [1.29, 1.82) is 0 Å². The van der Waals surface area contributed by atoms with Crippen LogP contribution in [0.3, 0.4) is 0 Å². The third-order valence-corrected chi connectivity index (χ3v) is 5.45. The molecule has 6 nitrogen and oxygen atoms in total. The molecule has 0 unspecified atom stereocenters. The molecule has 1 amide bonds. The monoisotopic (exact) mass is 405 g/mol. The van der Waals surface area contributed by atoms with Crippen molar-refractivity contribution >= 4 is 18.3 Å². The van der Waals surface area contributed by atoms with Crippen molar-refractivity contribution in [2.45, 2.75) is 46.0 Å². The Labute approximate surface area is 174 Å². The normalized spacial score (nSPS) is 15.0. The van der Waals surface area contributed by atoms with E-state index in [0.29, 0.717) is 17.7 Å². The van der Waals surface area contributed by atoms with Crippen molar-refractivity contribution < 1.29 is 4.79 Å². The first-order chi connectivity index (χ1) is 13.0. The maximum atomic E-state index is 12.9. The molecule has 3 rings (SSSR count). The Morgan fingerprint density at radius 2 is 1.93 bits per heavy atom. The van der Waals surface area contributed by atoms with Gasteiger partial charge in [-0.3, -0.25) is 4.79 Å². The summed E-state index contributed by atoms with van der Waals surface area (Å²) in [5.41, 5.74) is 2.21.